The molecule has 1 N–H and O–H groups in total. The van der Waals surface area contributed by atoms with Crippen molar-refractivity contribution < 1.29 is 4.79 Å². The fraction of sp³-hybridized carbons (Fsp3) is 0.562. The lowest BCUT2D eigenvalue weighted by atomic mass is 10.0. The molecule has 1 aromatic carbocycles. The Kier molecular flexibility index (Phi) is 4.97. The van der Waals surface area contributed by atoms with Crippen LogP contribution < -0.4 is 5.32 Å². The fourth-order valence-corrected chi connectivity index (χ4v) is 2.67. The van der Waals surface area contributed by atoms with E-state index in [0.29, 0.717) is 6.04 Å². The number of carbonyl (C=O) groups is 1. The van der Waals surface area contributed by atoms with Crippen molar-refractivity contribution in [3.05, 3.63) is 35.4 Å². The Morgan fingerprint density at radius 1 is 1.32 bits per heavy atom. The average molecular weight is 260 g/mol. The lowest BCUT2D eigenvalue weighted by Crippen LogP contribution is -2.39. The summed E-state index contributed by atoms with van der Waals surface area (Å²) in [5.74, 6) is 0.0402. The molecule has 0 spiro atoms. The largest absolute Gasteiger partial charge is 0.352 e. The smallest absolute Gasteiger partial charge is 0.251 e. The second-order valence-corrected chi connectivity index (χ2v) is 5.54. The maximum Gasteiger partial charge on any atom is 0.251 e. The van der Waals surface area contributed by atoms with E-state index < -0.39 is 0 Å². The van der Waals surface area contributed by atoms with E-state index in [4.69, 9.17) is 0 Å². The van der Waals surface area contributed by atoms with Crippen molar-refractivity contribution in [1.29, 1.82) is 0 Å². The number of hydrogen-bond donors (Lipinski definition) is 1. The van der Waals surface area contributed by atoms with Crippen LogP contribution in [0.5, 0.6) is 0 Å². The minimum absolute atomic E-state index is 0.0402. The van der Waals surface area contributed by atoms with Crippen LogP contribution in [0.2, 0.25) is 0 Å². The first-order chi connectivity index (χ1) is 9.16. The molecule has 0 aromatic heterocycles. The normalized spacial score (nSPS) is 20.2. The lowest BCUT2D eigenvalue weighted by Gasteiger charge is -2.32. The van der Waals surface area contributed by atoms with Gasteiger partial charge >= 0.3 is 0 Å². The Bertz CT molecular complexity index is 413. The van der Waals surface area contributed by atoms with Crippen LogP contribution in [0.1, 0.15) is 41.6 Å². The third kappa shape index (κ3) is 4.06. The second-order valence-electron chi connectivity index (χ2n) is 5.54. The van der Waals surface area contributed by atoms with E-state index in [0.717, 1.165) is 18.5 Å². The number of carbonyl (C=O) groups excluding carboxylic acids is 1. The van der Waals surface area contributed by atoms with E-state index in [-0.39, 0.29) is 5.91 Å². The molecule has 1 amide bonds. The first-order valence-corrected chi connectivity index (χ1v) is 7.22. The Morgan fingerprint density at radius 3 is 2.74 bits per heavy atom. The molecule has 0 bridgehead atoms. The zero-order chi connectivity index (χ0) is 13.7. The molecule has 1 saturated heterocycles. The van der Waals surface area contributed by atoms with E-state index >= 15 is 0 Å². The highest BCUT2D eigenvalue weighted by Gasteiger charge is 2.18. The highest BCUT2D eigenvalue weighted by Crippen LogP contribution is 2.17. The van der Waals surface area contributed by atoms with Gasteiger partial charge in [-0.25, -0.2) is 0 Å². The fourth-order valence-electron chi connectivity index (χ4n) is 2.67. The van der Waals surface area contributed by atoms with Crippen LogP contribution in [0.15, 0.2) is 24.3 Å². The van der Waals surface area contributed by atoms with Gasteiger partial charge in [0.25, 0.3) is 5.91 Å². The van der Waals surface area contributed by atoms with E-state index in [9.17, 15) is 4.79 Å². The number of hydrogen-bond acceptors (Lipinski definition) is 2. The van der Waals surface area contributed by atoms with E-state index in [2.05, 4.69) is 17.3 Å². The van der Waals surface area contributed by atoms with E-state index in [1.165, 1.54) is 31.4 Å². The zero-order valence-corrected chi connectivity index (χ0v) is 12.0. The van der Waals surface area contributed by atoms with Crippen molar-refractivity contribution in [3.8, 4) is 0 Å². The molecule has 1 atom stereocenters. The average Bonchev–Trinajstić information content (AvgIpc) is 2.41. The molecule has 0 aliphatic carbocycles. The first kappa shape index (κ1) is 14.1. The van der Waals surface area contributed by atoms with Crippen molar-refractivity contribution in [2.45, 2.75) is 38.6 Å². The highest BCUT2D eigenvalue weighted by atomic mass is 16.1. The summed E-state index contributed by atoms with van der Waals surface area (Å²) in [6.07, 6.45) is 4.94. The molecule has 3 nitrogen and oxygen atoms in total. The molecule has 1 unspecified atom stereocenters. The van der Waals surface area contributed by atoms with Gasteiger partial charge in [-0.2, -0.15) is 0 Å². The summed E-state index contributed by atoms with van der Waals surface area (Å²) in [5.41, 5.74) is 1.93. The number of nitrogens with zero attached hydrogens (tertiary/aromatic N) is 1. The van der Waals surface area contributed by atoms with Gasteiger partial charge in [-0.1, -0.05) is 24.1 Å². The first-order valence-electron chi connectivity index (χ1n) is 7.22. The summed E-state index contributed by atoms with van der Waals surface area (Å²) < 4.78 is 0. The standard InChI is InChI=1S/C16H24N2O/c1-13-6-8-14(9-7-13)16(19)17-11-10-15-5-3-4-12-18(15)2/h6-9,15H,3-5,10-12H2,1-2H3,(H,17,19). The molecule has 3 heteroatoms. The van der Waals surface area contributed by atoms with E-state index in [1.54, 1.807) is 0 Å². The maximum atomic E-state index is 12.0. The highest BCUT2D eigenvalue weighted by molar-refractivity contribution is 5.94. The molecule has 1 aromatic rings. The van der Waals surface area contributed by atoms with Crippen molar-refractivity contribution >= 4 is 5.91 Å². The maximum absolute atomic E-state index is 12.0. The molecule has 0 radical (unpaired) electrons. The Morgan fingerprint density at radius 2 is 2.05 bits per heavy atom. The topological polar surface area (TPSA) is 32.3 Å². The molecule has 1 aliphatic rings. The molecule has 1 fully saturated rings. The van der Waals surface area contributed by atoms with Crippen LogP contribution in [0.25, 0.3) is 0 Å². The molecule has 1 aliphatic heterocycles. The van der Waals surface area contributed by atoms with Crippen LogP contribution in [-0.4, -0.2) is 37.0 Å². The van der Waals surface area contributed by atoms with Gasteiger partial charge in [0.2, 0.25) is 0 Å². The van der Waals surface area contributed by atoms with Gasteiger partial charge < -0.3 is 10.2 Å². The zero-order valence-electron chi connectivity index (χ0n) is 12.0. The van der Waals surface area contributed by atoms with Gasteiger partial charge in [-0.15, -0.1) is 0 Å². The number of nitrogens with one attached hydrogen (secondary N) is 1. The summed E-state index contributed by atoms with van der Waals surface area (Å²) in [4.78, 5) is 14.4. The minimum atomic E-state index is 0.0402. The van der Waals surface area contributed by atoms with Crippen LogP contribution in [0, 0.1) is 6.92 Å². The number of aryl methyl sites for hydroxylation is 1. The molecule has 0 saturated carbocycles. The monoisotopic (exact) mass is 260 g/mol. The molecule has 1 heterocycles. The summed E-state index contributed by atoms with van der Waals surface area (Å²) in [6.45, 7) is 3.99. The van der Waals surface area contributed by atoms with Crippen LogP contribution in [0.4, 0.5) is 0 Å². The predicted octanol–water partition coefficient (Wildman–Crippen LogP) is 2.60. The lowest BCUT2D eigenvalue weighted by molar-refractivity contribution is 0.0945. The summed E-state index contributed by atoms with van der Waals surface area (Å²) in [7, 11) is 2.19. The van der Waals surface area contributed by atoms with Crippen LogP contribution >= 0.6 is 0 Å². The molecule has 2 rings (SSSR count). The van der Waals surface area contributed by atoms with Crippen molar-refractivity contribution in [1.82, 2.24) is 10.2 Å². The third-order valence-electron chi connectivity index (χ3n) is 4.00. The minimum Gasteiger partial charge on any atom is -0.352 e. The number of piperidine rings is 1. The SMILES string of the molecule is Cc1ccc(C(=O)NCCC2CCCCN2C)cc1. The Hall–Kier alpha value is -1.35. The number of amides is 1. The van der Waals surface area contributed by atoms with Gasteiger partial charge in [0.05, 0.1) is 0 Å². The van der Waals surface area contributed by atoms with Crippen molar-refractivity contribution in [2.75, 3.05) is 20.1 Å². The Labute approximate surface area is 116 Å². The van der Waals surface area contributed by atoms with Crippen LogP contribution in [-0.2, 0) is 0 Å². The van der Waals surface area contributed by atoms with Gasteiger partial charge in [0.15, 0.2) is 0 Å². The summed E-state index contributed by atoms with van der Waals surface area (Å²) in [6, 6.07) is 8.36. The molecular formula is C16H24N2O. The van der Waals surface area contributed by atoms with E-state index in [1.807, 2.05) is 31.2 Å². The van der Waals surface area contributed by atoms with Gasteiger partial charge in [0.1, 0.15) is 0 Å². The molecule has 104 valence electrons. The number of rotatable bonds is 4. The van der Waals surface area contributed by atoms with Crippen molar-refractivity contribution in [3.63, 3.8) is 0 Å². The summed E-state index contributed by atoms with van der Waals surface area (Å²) >= 11 is 0. The summed E-state index contributed by atoms with van der Waals surface area (Å²) in [5, 5.41) is 3.02. The van der Waals surface area contributed by atoms with Crippen LogP contribution in [0.3, 0.4) is 0 Å². The third-order valence-corrected chi connectivity index (χ3v) is 4.00. The molecule has 19 heavy (non-hydrogen) atoms. The van der Waals surface area contributed by atoms with Crippen molar-refractivity contribution in [2.24, 2.45) is 0 Å². The Balaban J connectivity index is 1.76. The number of likely N-dealkylation sites (tertiary alicyclic amines) is 1. The van der Waals surface area contributed by atoms with Gasteiger partial charge in [-0.05, 0) is 51.9 Å². The number of benzene rings is 1. The molecular weight excluding hydrogens is 236 g/mol. The second kappa shape index (κ2) is 6.71. The predicted molar refractivity (Wildman–Crippen MR) is 78.4 cm³/mol. The van der Waals surface area contributed by atoms with Gasteiger partial charge in [-0.3, -0.25) is 4.79 Å². The van der Waals surface area contributed by atoms with Gasteiger partial charge in [0, 0.05) is 18.2 Å². The quantitative estimate of drug-likeness (QED) is 0.902.